The van der Waals surface area contributed by atoms with Crippen LogP contribution in [0.3, 0.4) is 0 Å². The van der Waals surface area contributed by atoms with E-state index in [-0.39, 0.29) is 5.56 Å². The lowest BCUT2D eigenvalue weighted by atomic mass is 9.87. The van der Waals surface area contributed by atoms with Crippen molar-refractivity contribution in [1.29, 1.82) is 0 Å². The van der Waals surface area contributed by atoms with Crippen LogP contribution >= 0.6 is 11.8 Å². The van der Waals surface area contributed by atoms with Crippen LogP contribution in [0.4, 0.5) is 0 Å². The minimum atomic E-state index is -0.0317. The second-order valence-corrected chi connectivity index (χ2v) is 6.99. The van der Waals surface area contributed by atoms with E-state index in [2.05, 4.69) is 29.1 Å². The molecule has 1 aromatic heterocycles. The van der Waals surface area contributed by atoms with E-state index in [4.69, 9.17) is 0 Å². The van der Waals surface area contributed by atoms with Crippen LogP contribution in [-0.4, -0.2) is 28.3 Å². The molecule has 0 spiro atoms. The Morgan fingerprint density at radius 3 is 3.00 bits per heavy atom. The van der Waals surface area contributed by atoms with Crippen LogP contribution in [0.15, 0.2) is 16.0 Å². The molecule has 112 valence electrons. The van der Waals surface area contributed by atoms with E-state index in [1.807, 2.05) is 7.05 Å². The largest absolute Gasteiger partial charge is 0.316 e. The van der Waals surface area contributed by atoms with Crippen molar-refractivity contribution in [3.05, 3.63) is 22.1 Å². The zero-order chi connectivity index (χ0) is 14.5. The molecule has 3 atom stereocenters. The summed E-state index contributed by atoms with van der Waals surface area (Å²) in [6, 6.07) is 2.13. The summed E-state index contributed by atoms with van der Waals surface area (Å²) in [5.74, 6) is 0.752. The highest BCUT2D eigenvalue weighted by Gasteiger charge is 2.29. The Kier molecular flexibility index (Phi) is 5.66. The molecule has 0 aromatic carbocycles. The number of thioether (sulfide) groups is 1. The lowest BCUT2D eigenvalue weighted by Crippen LogP contribution is -2.40. The Morgan fingerprint density at radius 2 is 2.30 bits per heavy atom. The second-order valence-electron chi connectivity index (χ2n) is 5.76. The first-order valence-electron chi connectivity index (χ1n) is 7.56. The summed E-state index contributed by atoms with van der Waals surface area (Å²) in [7, 11) is 2.03. The fraction of sp³-hybridized carbons (Fsp3) is 0.733. The van der Waals surface area contributed by atoms with Gasteiger partial charge in [-0.2, -0.15) is 0 Å². The molecule has 2 rings (SSSR count). The van der Waals surface area contributed by atoms with E-state index >= 15 is 0 Å². The molecule has 0 bridgehead atoms. The number of aromatic nitrogens is 2. The molecular formula is C15H25N3OS. The van der Waals surface area contributed by atoms with Gasteiger partial charge < -0.3 is 10.3 Å². The zero-order valence-electron chi connectivity index (χ0n) is 12.6. The van der Waals surface area contributed by atoms with Crippen LogP contribution in [0, 0.1) is 5.92 Å². The molecule has 5 heteroatoms. The van der Waals surface area contributed by atoms with Crippen molar-refractivity contribution in [3.8, 4) is 0 Å². The maximum Gasteiger partial charge on any atom is 0.251 e. The normalized spacial score (nSPS) is 26.6. The van der Waals surface area contributed by atoms with E-state index in [1.54, 1.807) is 17.8 Å². The molecule has 1 aromatic rings. The molecule has 0 saturated heterocycles. The minimum absolute atomic E-state index is 0.0317. The van der Waals surface area contributed by atoms with Gasteiger partial charge in [0.25, 0.3) is 5.56 Å². The monoisotopic (exact) mass is 295 g/mol. The third-order valence-electron chi connectivity index (χ3n) is 3.97. The summed E-state index contributed by atoms with van der Waals surface area (Å²) in [6.07, 6.45) is 5.54. The molecule has 0 aliphatic heterocycles. The Balaban J connectivity index is 2.13. The van der Waals surface area contributed by atoms with Gasteiger partial charge in [0.1, 0.15) is 0 Å². The number of aromatic amines is 1. The van der Waals surface area contributed by atoms with E-state index in [0.29, 0.717) is 11.3 Å². The standard InChI is InChI=1S/C15H25N3OS/c1-4-5-11-9-14(19)18-15(17-11)20-13-8-10(2)6-7-12(13)16-3/h9-10,12-13,16H,4-8H2,1-3H3,(H,17,18,19). The summed E-state index contributed by atoms with van der Waals surface area (Å²) in [5, 5.41) is 4.68. The number of aryl methyl sites for hydroxylation is 1. The number of nitrogens with one attached hydrogen (secondary N) is 2. The van der Waals surface area contributed by atoms with Crippen molar-refractivity contribution < 1.29 is 0 Å². The number of hydrogen-bond acceptors (Lipinski definition) is 4. The third-order valence-corrected chi connectivity index (χ3v) is 5.21. The van der Waals surface area contributed by atoms with Gasteiger partial charge in [0.05, 0.1) is 0 Å². The Labute approximate surface area is 125 Å². The zero-order valence-corrected chi connectivity index (χ0v) is 13.4. The molecule has 1 aliphatic rings. The average Bonchev–Trinajstić information content (AvgIpc) is 2.38. The Bertz CT molecular complexity index is 488. The molecule has 20 heavy (non-hydrogen) atoms. The van der Waals surface area contributed by atoms with E-state index in [0.717, 1.165) is 29.6 Å². The van der Waals surface area contributed by atoms with Gasteiger partial charge in [0.2, 0.25) is 0 Å². The fourth-order valence-corrected chi connectivity index (χ4v) is 4.33. The van der Waals surface area contributed by atoms with Crippen LogP contribution in [0.2, 0.25) is 0 Å². The lowest BCUT2D eigenvalue weighted by Gasteiger charge is -2.33. The third kappa shape index (κ3) is 4.09. The molecule has 3 unspecified atom stereocenters. The van der Waals surface area contributed by atoms with Crippen molar-refractivity contribution >= 4 is 11.8 Å². The summed E-state index contributed by atoms with van der Waals surface area (Å²) < 4.78 is 0. The quantitative estimate of drug-likeness (QED) is 0.820. The van der Waals surface area contributed by atoms with Crippen molar-refractivity contribution in [2.24, 2.45) is 5.92 Å². The molecular weight excluding hydrogens is 270 g/mol. The molecule has 1 fully saturated rings. The topological polar surface area (TPSA) is 57.8 Å². The minimum Gasteiger partial charge on any atom is -0.316 e. The van der Waals surface area contributed by atoms with Gasteiger partial charge in [0.15, 0.2) is 5.16 Å². The number of nitrogens with zero attached hydrogens (tertiary/aromatic N) is 1. The van der Waals surface area contributed by atoms with E-state index in [1.165, 1.54) is 19.3 Å². The first-order chi connectivity index (χ1) is 9.62. The van der Waals surface area contributed by atoms with Gasteiger partial charge in [-0.05, 0) is 38.6 Å². The molecule has 0 amide bonds. The van der Waals surface area contributed by atoms with Gasteiger partial charge in [0, 0.05) is 23.1 Å². The molecule has 1 saturated carbocycles. The van der Waals surface area contributed by atoms with Gasteiger partial charge in [-0.1, -0.05) is 32.0 Å². The molecule has 1 heterocycles. The summed E-state index contributed by atoms with van der Waals surface area (Å²) in [5.41, 5.74) is 0.874. The van der Waals surface area contributed by atoms with Crippen molar-refractivity contribution in [2.45, 2.75) is 62.4 Å². The Hall–Kier alpha value is -0.810. The van der Waals surface area contributed by atoms with Gasteiger partial charge in [-0.25, -0.2) is 4.98 Å². The van der Waals surface area contributed by atoms with Crippen molar-refractivity contribution in [3.63, 3.8) is 0 Å². The highest BCUT2D eigenvalue weighted by atomic mass is 32.2. The molecule has 2 N–H and O–H groups in total. The maximum atomic E-state index is 11.7. The fourth-order valence-electron chi connectivity index (χ4n) is 2.86. The van der Waals surface area contributed by atoms with Gasteiger partial charge in [-0.3, -0.25) is 4.79 Å². The Morgan fingerprint density at radius 1 is 1.50 bits per heavy atom. The van der Waals surface area contributed by atoms with Crippen LogP contribution in [0.1, 0.15) is 45.2 Å². The van der Waals surface area contributed by atoms with Crippen LogP contribution in [0.25, 0.3) is 0 Å². The van der Waals surface area contributed by atoms with E-state index in [9.17, 15) is 4.79 Å². The summed E-state index contributed by atoms with van der Waals surface area (Å²) in [4.78, 5) is 19.2. The van der Waals surface area contributed by atoms with Crippen molar-refractivity contribution in [2.75, 3.05) is 7.05 Å². The first-order valence-corrected chi connectivity index (χ1v) is 8.44. The summed E-state index contributed by atoms with van der Waals surface area (Å²) >= 11 is 1.73. The number of rotatable bonds is 5. The predicted octanol–water partition coefficient (Wildman–Crippen LogP) is 2.59. The van der Waals surface area contributed by atoms with Crippen LogP contribution in [-0.2, 0) is 6.42 Å². The maximum absolute atomic E-state index is 11.7. The molecule has 4 nitrogen and oxygen atoms in total. The second kappa shape index (κ2) is 7.27. The van der Waals surface area contributed by atoms with E-state index < -0.39 is 0 Å². The lowest BCUT2D eigenvalue weighted by molar-refractivity contribution is 0.328. The van der Waals surface area contributed by atoms with Gasteiger partial charge >= 0.3 is 0 Å². The first kappa shape index (κ1) is 15.6. The highest BCUT2D eigenvalue weighted by molar-refractivity contribution is 7.99. The predicted molar refractivity (Wildman–Crippen MR) is 84.4 cm³/mol. The molecule has 1 aliphatic carbocycles. The molecule has 0 radical (unpaired) electrons. The van der Waals surface area contributed by atoms with Gasteiger partial charge in [-0.15, -0.1) is 0 Å². The smallest absolute Gasteiger partial charge is 0.251 e. The SMILES string of the molecule is CCCc1cc(=O)[nH]c(SC2CC(C)CCC2NC)n1. The number of H-pyrrole nitrogens is 1. The van der Waals surface area contributed by atoms with Crippen LogP contribution < -0.4 is 10.9 Å². The van der Waals surface area contributed by atoms with Crippen LogP contribution in [0.5, 0.6) is 0 Å². The van der Waals surface area contributed by atoms with Crippen molar-refractivity contribution in [1.82, 2.24) is 15.3 Å². The average molecular weight is 295 g/mol. The summed E-state index contributed by atoms with van der Waals surface area (Å²) in [6.45, 7) is 4.42. The highest BCUT2D eigenvalue weighted by Crippen LogP contribution is 2.34. The number of hydrogen-bond donors (Lipinski definition) is 2.